The molecule has 0 heterocycles. The molecule has 0 aliphatic heterocycles. The number of hydrogen-bond acceptors (Lipinski definition) is 3. The minimum atomic E-state index is -2.67. The highest BCUT2D eigenvalue weighted by Gasteiger charge is 2.42. The predicted octanol–water partition coefficient (Wildman–Crippen LogP) is 5.20. The third-order valence-electron chi connectivity index (χ3n) is 3.03. The monoisotopic (exact) mass is 548 g/mol. The molecule has 3 nitrogen and oxygen atoms in total. The Balaban J connectivity index is 3.03. The van der Waals surface area contributed by atoms with Crippen LogP contribution in [0.4, 0.5) is 0 Å². The van der Waals surface area contributed by atoms with E-state index in [1.807, 2.05) is 0 Å². The number of halogens is 2. The smallest absolute Gasteiger partial charge is 0.373 e. The summed E-state index contributed by atoms with van der Waals surface area (Å²) in [6.45, 7) is 8.44. The van der Waals surface area contributed by atoms with E-state index in [9.17, 15) is 0 Å². The van der Waals surface area contributed by atoms with Gasteiger partial charge in [-0.25, -0.2) is 0 Å². The molecule has 0 radical (unpaired) electrons. The van der Waals surface area contributed by atoms with Crippen molar-refractivity contribution in [3.63, 3.8) is 0 Å². The zero-order chi connectivity index (χ0) is 16.4. The predicted molar refractivity (Wildman–Crippen MR) is 110 cm³/mol. The fourth-order valence-corrected chi connectivity index (χ4v) is 7.50. The Labute approximate surface area is 163 Å². The Morgan fingerprint density at radius 1 is 0.818 bits per heavy atom. The van der Waals surface area contributed by atoms with Gasteiger partial charge in [0.15, 0.2) is 0 Å². The first-order valence-electron chi connectivity index (χ1n) is 7.93. The molecular weight excluding hydrogens is 522 g/mol. The SMILES string of the molecule is CCCO[Si](Cc1c(I)cccc1I)(OCCC)OCCC. The quantitative estimate of drug-likeness (QED) is 0.282. The topological polar surface area (TPSA) is 27.7 Å². The lowest BCUT2D eigenvalue weighted by Gasteiger charge is -2.30. The summed E-state index contributed by atoms with van der Waals surface area (Å²) in [7, 11) is -2.67. The van der Waals surface area contributed by atoms with Crippen LogP contribution in [0.25, 0.3) is 0 Å². The summed E-state index contributed by atoms with van der Waals surface area (Å²) < 4.78 is 21.1. The Morgan fingerprint density at radius 3 is 1.59 bits per heavy atom. The van der Waals surface area contributed by atoms with Gasteiger partial charge in [0.2, 0.25) is 0 Å². The highest BCUT2D eigenvalue weighted by atomic mass is 127. The van der Waals surface area contributed by atoms with Gasteiger partial charge in [-0.15, -0.1) is 0 Å². The maximum Gasteiger partial charge on any atom is 0.505 e. The molecule has 1 aromatic rings. The first-order chi connectivity index (χ1) is 10.6. The van der Waals surface area contributed by atoms with E-state index < -0.39 is 8.80 Å². The largest absolute Gasteiger partial charge is 0.505 e. The van der Waals surface area contributed by atoms with E-state index in [4.69, 9.17) is 13.3 Å². The van der Waals surface area contributed by atoms with Gasteiger partial charge in [-0.2, -0.15) is 0 Å². The lowest BCUT2D eigenvalue weighted by molar-refractivity contribution is 0.0582. The average molecular weight is 548 g/mol. The number of benzene rings is 1. The first kappa shape index (κ1) is 20.8. The molecule has 1 rings (SSSR count). The van der Waals surface area contributed by atoms with Crippen LogP contribution in [0.2, 0.25) is 0 Å². The van der Waals surface area contributed by atoms with Gasteiger partial charge in [-0.05, 0) is 82.1 Å². The van der Waals surface area contributed by atoms with E-state index in [1.165, 1.54) is 12.7 Å². The Morgan fingerprint density at radius 2 is 1.23 bits per heavy atom. The van der Waals surface area contributed by atoms with Crippen molar-refractivity contribution in [3.8, 4) is 0 Å². The molecule has 126 valence electrons. The molecule has 0 spiro atoms. The lowest BCUT2D eigenvalue weighted by atomic mass is 10.2. The fourth-order valence-electron chi connectivity index (χ4n) is 1.97. The first-order valence-corrected chi connectivity index (χ1v) is 12.0. The Kier molecular flexibility index (Phi) is 10.7. The van der Waals surface area contributed by atoms with Gasteiger partial charge >= 0.3 is 8.80 Å². The summed E-state index contributed by atoms with van der Waals surface area (Å²) in [6.07, 6.45) is 2.92. The van der Waals surface area contributed by atoms with E-state index >= 15 is 0 Å². The summed E-state index contributed by atoms with van der Waals surface area (Å²) >= 11 is 4.78. The van der Waals surface area contributed by atoms with Crippen molar-refractivity contribution in [1.82, 2.24) is 0 Å². The highest BCUT2D eigenvalue weighted by molar-refractivity contribution is 14.1. The van der Waals surface area contributed by atoms with Crippen molar-refractivity contribution < 1.29 is 13.3 Å². The van der Waals surface area contributed by atoms with Crippen molar-refractivity contribution in [2.75, 3.05) is 19.8 Å². The van der Waals surface area contributed by atoms with Crippen LogP contribution in [0.1, 0.15) is 45.6 Å². The second kappa shape index (κ2) is 11.4. The van der Waals surface area contributed by atoms with Crippen LogP contribution in [0.3, 0.4) is 0 Å². The summed E-state index contributed by atoms with van der Waals surface area (Å²) in [5.74, 6) is 0. The minimum absolute atomic E-state index is 0.694. The average Bonchev–Trinajstić information content (AvgIpc) is 2.52. The van der Waals surface area contributed by atoms with E-state index in [1.54, 1.807) is 0 Å². The van der Waals surface area contributed by atoms with Crippen LogP contribution >= 0.6 is 45.2 Å². The van der Waals surface area contributed by atoms with Gasteiger partial charge in [0.25, 0.3) is 0 Å². The summed E-state index contributed by atoms with van der Waals surface area (Å²) in [5, 5.41) is 0. The molecule has 1 aromatic carbocycles. The van der Waals surface area contributed by atoms with Crippen LogP contribution in [0.5, 0.6) is 0 Å². The molecular formula is C16H26I2O3Si. The van der Waals surface area contributed by atoms with Gasteiger partial charge in [0.1, 0.15) is 0 Å². The Bertz CT molecular complexity index is 401. The van der Waals surface area contributed by atoms with Gasteiger partial charge in [0.05, 0.1) is 0 Å². The molecule has 0 aliphatic carbocycles. The molecule has 0 N–H and O–H groups in total. The Hall–Kier alpha value is 0.777. The summed E-state index contributed by atoms with van der Waals surface area (Å²) in [5.41, 5.74) is 1.29. The van der Waals surface area contributed by atoms with Crippen LogP contribution in [-0.4, -0.2) is 28.6 Å². The lowest BCUT2D eigenvalue weighted by Crippen LogP contribution is -2.49. The second-order valence-corrected chi connectivity index (χ2v) is 10.0. The van der Waals surface area contributed by atoms with E-state index in [0.717, 1.165) is 25.3 Å². The standard InChI is InChI=1S/C16H26I2O3Si/c1-4-10-19-22(20-11-5-2,21-12-6-3)13-14-15(17)8-7-9-16(14)18/h7-9H,4-6,10-13H2,1-3H3. The maximum absolute atomic E-state index is 6.18. The van der Waals surface area contributed by atoms with Crippen LogP contribution in [-0.2, 0) is 19.3 Å². The molecule has 22 heavy (non-hydrogen) atoms. The van der Waals surface area contributed by atoms with Crippen LogP contribution in [0, 0.1) is 7.14 Å². The third-order valence-corrected chi connectivity index (χ3v) is 7.77. The van der Waals surface area contributed by atoms with Crippen LogP contribution in [0.15, 0.2) is 18.2 Å². The molecule has 0 aromatic heterocycles. The number of hydrogen-bond donors (Lipinski definition) is 0. The molecule has 0 unspecified atom stereocenters. The fraction of sp³-hybridized carbons (Fsp3) is 0.625. The molecule has 0 atom stereocenters. The summed E-state index contributed by atoms with van der Waals surface area (Å²) in [6, 6.07) is 7.11. The molecule has 0 fully saturated rings. The number of rotatable bonds is 11. The molecule has 0 saturated heterocycles. The molecule has 6 heteroatoms. The van der Waals surface area contributed by atoms with E-state index in [-0.39, 0.29) is 0 Å². The van der Waals surface area contributed by atoms with Crippen molar-refractivity contribution in [2.45, 2.75) is 46.1 Å². The van der Waals surface area contributed by atoms with Gasteiger partial charge in [-0.3, -0.25) is 0 Å². The van der Waals surface area contributed by atoms with Crippen molar-refractivity contribution in [1.29, 1.82) is 0 Å². The zero-order valence-corrected chi connectivity index (χ0v) is 19.0. The zero-order valence-electron chi connectivity index (χ0n) is 13.7. The molecule has 0 amide bonds. The van der Waals surface area contributed by atoms with Gasteiger partial charge < -0.3 is 13.3 Å². The van der Waals surface area contributed by atoms with Crippen molar-refractivity contribution >= 4 is 54.0 Å². The van der Waals surface area contributed by atoms with Crippen molar-refractivity contribution in [2.24, 2.45) is 0 Å². The maximum atomic E-state index is 6.18. The van der Waals surface area contributed by atoms with E-state index in [0.29, 0.717) is 19.8 Å². The third kappa shape index (κ3) is 6.72. The normalized spacial score (nSPS) is 11.9. The van der Waals surface area contributed by atoms with Crippen LogP contribution < -0.4 is 0 Å². The van der Waals surface area contributed by atoms with Gasteiger partial charge in [-0.1, -0.05) is 26.8 Å². The van der Waals surface area contributed by atoms with Crippen molar-refractivity contribution in [3.05, 3.63) is 30.9 Å². The second-order valence-electron chi connectivity index (χ2n) is 5.11. The minimum Gasteiger partial charge on any atom is -0.373 e. The van der Waals surface area contributed by atoms with E-state index in [2.05, 4.69) is 84.2 Å². The molecule has 0 saturated carbocycles. The molecule has 0 bridgehead atoms. The summed E-state index contributed by atoms with van der Waals surface area (Å²) in [4.78, 5) is 0. The highest BCUT2D eigenvalue weighted by Crippen LogP contribution is 2.25. The van der Waals surface area contributed by atoms with Gasteiger partial charge in [0, 0.05) is 33.0 Å². The molecule has 0 aliphatic rings.